The third kappa shape index (κ3) is 4.23. The van der Waals surface area contributed by atoms with Crippen LogP contribution in [0.3, 0.4) is 0 Å². The van der Waals surface area contributed by atoms with E-state index in [4.69, 9.17) is 4.74 Å². The van der Waals surface area contributed by atoms with Crippen LogP contribution in [-0.4, -0.2) is 21.4 Å². The highest BCUT2D eigenvalue weighted by molar-refractivity contribution is 7.92. The van der Waals surface area contributed by atoms with Gasteiger partial charge in [-0.15, -0.1) is 0 Å². The Labute approximate surface area is 165 Å². The molecule has 0 spiro atoms. The summed E-state index contributed by atoms with van der Waals surface area (Å²) >= 11 is 0. The number of benzene rings is 3. The van der Waals surface area contributed by atoms with Gasteiger partial charge in [-0.3, -0.25) is 4.31 Å². The average molecular weight is 395 g/mol. The number of anilines is 1. The van der Waals surface area contributed by atoms with Gasteiger partial charge in [-0.2, -0.15) is 0 Å². The van der Waals surface area contributed by atoms with Crippen LogP contribution in [-0.2, 0) is 10.0 Å². The molecule has 0 aliphatic rings. The van der Waals surface area contributed by atoms with E-state index in [-0.39, 0.29) is 10.5 Å². The number of nitrogens with zero attached hydrogens (tertiary/aromatic N) is 1. The number of rotatable bonds is 5. The van der Waals surface area contributed by atoms with Crippen molar-refractivity contribution < 1.29 is 17.9 Å². The molecule has 0 aliphatic heterocycles. The highest BCUT2D eigenvalue weighted by Gasteiger charge is 2.21. The maximum atomic E-state index is 12.8. The van der Waals surface area contributed by atoms with E-state index in [1.165, 1.54) is 35.6 Å². The first-order valence-corrected chi connectivity index (χ1v) is 10.2. The molecule has 0 radical (unpaired) electrons. The first-order valence-electron chi connectivity index (χ1n) is 8.72. The summed E-state index contributed by atoms with van der Waals surface area (Å²) in [5, 5.41) is 0. The number of ether oxygens (including phenoxy) is 1. The summed E-state index contributed by atoms with van der Waals surface area (Å²) < 4.78 is 32.2. The van der Waals surface area contributed by atoms with Gasteiger partial charge in [0.05, 0.1) is 16.1 Å². The highest BCUT2D eigenvalue weighted by atomic mass is 32.2. The molecule has 144 valence electrons. The summed E-state index contributed by atoms with van der Waals surface area (Å²) in [5.74, 6) is -0.0756. The fourth-order valence-corrected chi connectivity index (χ4v) is 4.05. The minimum atomic E-state index is -3.72. The zero-order chi connectivity index (χ0) is 20.3. The molecule has 0 amide bonds. The summed E-state index contributed by atoms with van der Waals surface area (Å²) in [7, 11) is -2.23. The van der Waals surface area contributed by atoms with E-state index in [2.05, 4.69) is 0 Å². The first-order chi connectivity index (χ1) is 13.3. The molecule has 0 N–H and O–H groups in total. The summed E-state index contributed by atoms with van der Waals surface area (Å²) in [6.45, 7) is 3.85. The van der Waals surface area contributed by atoms with E-state index in [0.717, 1.165) is 11.1 Å². The maximum absolute atomic E-state index is 12.8. The van der Waals surface area contributed by atoms with Crippen molar-refractivity contribution in [3.8, 4) is 5.75 Å². The van der Waals surface area contributed by atoms with E-state index in [1.807, 2.05) is 26.0 Å². The van der Waals surface area contributed by atoms with Crippen LogP contribution in [0, 0.1) is 13.8 Å². The van der Waals surface area contributed by atoms with Crippen LogP contribution < -0.4 is 9.04 Å². The Morgan fingerprint density at radius 3 is 2.00 bits per heavy atom. The SMILES string of the molecule is Cc1cc(C)cc(OC(=O)c2ccc(S(=O)(=O)N(C)c3ccccc3)cc2)c1. The Balaban J connectivity index is 1.80. The Hall–Kier alpha value is -3.12. The molecule has 0 unspecified atom stereocenters. The number of carbonyl (C=O) groups is 1. The fourth-order valence-electron chi connectivity index (χ4n) is 2.86. The van der Waals surface area contributed by atoms with Crippen LogP contribution >= 0.6 is 0 Å². The van der Waals surface area contributed by atoms with Crippen molar-refractivity contribution in [3.05, 3.63) is 89.5 Å². The van der Waals surface area contributed by atoms with Crippen LogP contribution in [0.15, 0.2) is 77.7 Å². The Morgan fingerprint density at radius 2 is 1.43 bits per heavy atom. The largest absolute Gasteiger partial charge is 0.423 e. The average Bonchev–Trinajstić information content (AvgIpc) is 2.67. The molecule has 0 atom stereocenters. The Morgan fingerprint density at radius 1 is 0.857 bits per heavy atom. The molecule has 0 aliphatic carbocycles. The van der Waals surface area contributed by atoms with Crippen molar-refractivity contribution >= 4 is 21.7 Å². The molecule has 0 saturated heterocycles. The lowest BCUT2D eigenvalue weighted by Gasteiger charge is -2.19. The van der Waals surface area contributed by atoms with Gasteiger partial charge in [0.15, 0.2) is 0 Å². The summed E-state index contributed by atoms with van der Waals surface area (Å²) in [6, 6.07) is 20.1. The van der Waals surface area contributed by atoms with Crippen molar-refractivity contribution in [2.24, 2.45) is 0 Å². The van der Waals surface area contributed by atoms with Gasteiger partial charge in [0.25, 0.3) is 10.0 Å². The fraction of sp³-hybridized carbons (Fsp3) is 0.136. The molecule has 0 heterocycles. The molecule has 3 aromatic rings. The van der Waals surface area contributed by atoms with Crippen LogP contribution in [0.1, 0.15) is 21.5 Å². The number of aryl methyl sites for hydroxylation is 2. The molecule has 0 fully saturated rings. The van der Waals surface area contributed by atoms with Gasteiger partial charge in [-0.05, 0) is 73.5 Å². The molecular formula is C22H21NO4S. The molecule has 28 heavy (non-hydrogen) atoms. The van der Waals surface area contributed by atoms with Crippen molar-refractivity contribution in [2.75, 3.05) is 11.4 Å². The topological polar surface area (TPSA) is 63.7 Å². The number of hydrogen-bond acceptors (Lipinski definition) is 4. The van der Waals surface area contributed by atoms with E-state index in [0.29, 0.717) is 11.4 Å². The summed E-state index contributed by atoms with van der Waals surface area (Å²) in [6.07, 6.45) is 0. The van der Waals surface area contributed by atoms with E-state index < -0.39 is 16.0 Å². The van der Waals surface area contributed by atoms with Crippen LogP contribution in [0.4, 0.5) is 5.69 Å². The van der Waals surface area contributed by atoms with E-state index in [9.17, 15) is 13.2 Å². The predicted octanol–water partition coefficient (Wildman–Crippen LogP) is 4.35. The number of hydrogen-bond donors (Lipinski definition) is 0. The van der Waals surface area contributed by atoms with Crippen LogP contribution in [0.25, 0.3) is 0 Å². The molecule has 0 aromatic heterocycles. The second-order valence-electron chi connectivity index (χ2n) is 6.55. The quantitative estimate of drug-likeness (QED) is 0.476. The monoisotopic (exact) mass is 395 g/mol. The van der Waals surface area contributed by atoms with Gasteiger partial charge in [0.2, 0.25) is 0 Å². The molecule has 6 heteroatoms. The van der Waals surface area contributed by atoms with Gasteiger partial charge < -0.3 is 4.74 Å². The predicted molar refractivity (Wildman–Crippen MR) is 109 cm³/mol. The molecule has 0 bridgehead atoms. The first kappa shape index (κ1) is 19.6. The van der Waals surface area contributed by atoms with Crippen molar-refractivity contribution in [2.45, 2.75) is 18.7 Å². The summed E-state index contributed by atoms with van der Waals surface area (Å²) in [4.78, 5) is 12.5. The van der Waals surface area contributed by atoms with Gasteiger partial charge in [-0.1, -0.05) is 24.3 Å². The standard InChI is InChI=1S/C22H21NO4S/c1-16-13-17(2)15-20(14-16)27-22(24)18-9-11-21(12-10-18)28(25,26)23(3)19-7-5-4-6-8-19/h4-15H,1-3H3. The van der Waals surface area contributed by atoms with Crippen LogP contribution in [0.5, 0.6) is 5.75 Å². The molecular weight excluding hydrogens is 374 g/mol. The van der Waals surface area contributed by atoms with Gasteiger partial charge >= 0.3 is 5.97 Å². The minimum absolute atomic E-state index is 0.0989. The van der Waals surface area contributed by atoms with Gasteiger partial charge in [-0.25, -0.2) is 13.2 Å². The molecule has 0 saturated carbocycles. The Kier molecular flexibility index (Phi) is 5.51. The normalized spacial score (nSPS) is 11.1. The lowest BCUT2D eigenvalue weighted by Crippen LogP contribution is -2.26. The number of sulfonamides is 1. The minimum Gasteiger partial charge on any atom is -0.423 e. The number of carbonyl (C=O) groups excluding carboxylic acids is 1. The second-order valence-corrected chi connectivity index (χ2v) is 8.51. The lowest BCUT2D eigenvalue weighted by molar-refractivity contribution is 0.0734. The third-order valence-electron chi connectivity index (χ3n) is 4.27. The third-order valence-corrected chi connectivity index (χ3v) is 6.07. The highest BCUT2D eigenvalue weighted by Crippen LogP contribution is 2.23. The van der Waals surface area contributed by atoms with E-state index in [1.54, 1.807) is 36.4 Å². The van der Waals surface area contributed by atoms with Crippen molar-refractivity contribution in [1.29, 1.82) is 0 Å². The summed E-state index contributed by atoms with van der Waals surface area (Å²) in [5.41, 5.74) is 2.82. The Bertz CT molecular complexity index is 1070. The van der Waals surface area contributed by atoms with Crippen LogP contribution in [0.2, 0.25) is 0 Å². The second kappa shape index (κ2) is 7.86. The van der Waals surface area contributed by atoms with E-state index >= 15 is 0 Å². The zero-order valence-corrected chi connectivity index (χ0v) is 16.7. The number of esters is 1. The lowest BCUT2D eigenvalue weighted by atomic mass is 10.1. The van der Waals surface area contributed by atoms with Gasteiger partial charge in [0, 0.05) is 7.05 Å². The number of para-hydroxylation sites is 1. The zero-order valence-electron chi connectivity index (χ0n) is 15.9. The maximum Gasteiger partial charge on any atom is 0.343 e. The van der Waals surface area contributed by atoms with Crippen molar-refractivity contribution in [3.63, 3.8) is 0 Å². The molecule has 3 aromatic carbocycles. The molecule has 5 nitrogen and oxygen atoms in total. The smallest absolute Gasteiger partial charge is 0.343 e. The van der Waals surface area contributed by atoms with Crippen molar-refractivity contribution in [1.82, 2.24) is 0 Å². The molecule has 3 rings (SSSR count). The van der Waals surface area contributed by atoms with Gasteiger partial charge in [0.1, 0.15) is 5.75 Å².